The smallest absolute Gasteiger partial charge is 0.256 e. The lowest BCUT2D eigenvalue weighted by atomic mass is 10.0. The number of nitrogens with one attached hydrogen (secondary N) is 2. The Labute approximate surface area is 117 Å². The SMILES string of the molecule is Cc1cc(=O)c(C(=O)NCCC2=CCC(O)C=C2)c[nH]1. The van der Waals surface area contributed by atoms with Crippen molar-refractivity contribution >= 4 is 5.91 Å². The minimum Gasteiger partial charge on any atom is -0.389 e. The van der Waals surface area contributed by atoms with Crippen molar-refractivity contribution in [1.82, 2.24) is 10.3 Å². The highest BCUT2D eigenvalue weighted by atomic mass is 16.3. The number of aryl methyl sites for hydroxylation is 1. The summed E-state index contributed by atoms with van der Waals surface area (Å²) in [6.07, 6.45) is 7.87. The Morgan fingerprint density at radius 1 is 1.55 bits per heavy atom. The molecule has 106 valence electrons. The Kier molecular flexibility index (Phi) is 4.53. The van der Waals surface area contributed by atoms with E-state index in [1.165, 1.54) is 12.3 Å². The second-order valence-corrected chi connectivity index (χ2v) is 4.84. The topological polar surface area (TPSA) is 82.2 Å². The van der Waals surface area contributed by atoms with Gasteiger partial charge in [-0.05, 0) is 19.8 Å². The van der Waals surface area contributed by atoms with Gasteiger partial charge in [-0.2, -0.15) is 0 Å². The molecule has 0 saturated carbocycles. The molecular formula is C15H18N2O3. The minimum absolute atomic E-state index is 0.124. The molecule has 2 rings (SSSR count). The number of aliphatic hydroxyl groups excluding tert-OH is 1. The van der Waals surface area contributed by atoms with Crippen LogP contribution in [-0.2, 0) is 0 Å². The molecule has 0 bridgehead atoms. The molecule has 1 aliphatic rings. The van der Waals surface area contributed by atoms with E-state index in [-0.39, 0.29) is 16.9 Å². The van der Waals surface area contributed by atoms with Crippen molar-refractivity contribution in [3.8, 4) is 0 Å². The standard InChI is InChI=1S/C15H18N2O3/c1-10-8-14(19)13(9-17-10)15(20)16-7-6-11-2-4-12(18)5-3-11/h2-4,8-9,12,18H,5-7H2,1H3,(H,16,20)(H,17,19). The molecule has 20 heavy (non-hydrogen) atoms. The first-order valence-corrected chi connectivity index (χ1v) is 6.59. The maximum absolute atomic E-state index is 11.9. The Hall–Kier alpha value is -2.14. The summed E-state index contributed by atoms with van der Waals surface area (Å²) in [6, 6.07) is 1.41. The Bertz CT molecular complexity index is 614. The molecular weight excluding hydrogens is 256 g/mol. The quantitative estimate of drug-likeness (QED) is 0.767. The zero-order chi connectivity index (χ0) is 14.5. The maximum atomic E-state index is 11.9. The molecule has 1 unspecified atom stereocenters. The van der Waals surface area contributed by atoms with Crippen molar-refractivity contribution in [3.63, 3.8) is 0 Å². The highest BCUT2D eigenvalue weighted by Crippen LogP contribution is 2.12. The number of carbonyl (C=O) groups excluding carboxylic acids is 1. The maximum Gasteiger partial charge on any atom is 0.256 e. The molecule has 1 atom stereocenters. The van der Waals surface area contributed by atoms with Crippen molar-refractivity contribution in [2.24, 2.45) is 0 Å². The third-order valence-corrected chi connectivity index (χ3v) is 3.16. The van der Waals surface area contributed by atoms with Gasteiger partial charge < -0.3 is 15.4 Å². The number of allylic oxidation sites excluding steroid dienone is 1. The van der Waals surface area contributed by atoms with Crippen LogP contribution in [0.3, 0.4) is 0 Å². The van der Waals surface area contributed by atoms with Gasteiger partial charge in [0.1, 0.15) is 5.56 Å². The van der Waals surface area contributed by atoms with Crippen molar-refractivity contribution in [1.29, 1.82) is 0 Å². The molecule has 1 aromatic heterocycles. The van der Waals surface area contributed by atoms with Crippen molar-refractivity contribution in [2.45, 2.75) is 25.9 Å². The van der Waals surface area contributed by atoms with E-state index in [0.29, 0.717) is 19.4 Å². The molecule has 1 heterocycles. The number of hydrogen-bond donors (Lipinski definition) is 3. The monoisotopic (exact) mass is 274 g/mol. The fraction of sp³-hybridized carbons (Fsp3) is 0.333. The normalized spacial score (nSPS) is 17.7. The average Bonchev–Trinajstić information content (AvgIpc) is 2.41. The van der Waals surface area contributed by atoms with Crippen molar-refractivity contribution in [3.05, 3.63) is 57.5 Å². The van der Waals surface area contributed by atoms with E-state index >= 15 is 0 Å². The summed E-state index contributed by atoms with van der Waals surface area (Å²) in [5, 5.41) is 12.0. The molecule has 5 heteroatoms. The lowest BCUT2D eigenvalue weighted by molar-refractivity contribution is 0.0952. The van der Waals surface area contributed by atoms with Crippen LogP contribution in [0.2, 0.25) is 0 Å². The third kappa shape index (κ3) is 3.68. The van der Waals surface area contributed by atoms with Crippen LogP contribution in [0.15, 0.2) is 40.9 Å². The van der Waals surface area contributed by atoms with Gasteiger partial charge >= 0.3 is 0 Å². The predicted octanol–water partition coefficient (Wildman–Crippen LogP) is 1.05. The van der Waals surface area contributed by atoms with Crippen LogP contribution in [0.4, 0.5) is 0 Å². The van der Waals surface area contributed by atoms with Gasteiger partial charge in [0.25, 0.3) is 5.91 Å². The lowest BCUT2D eigenvalue weighted by Crippen LogP contribution is -2.29. The molecule has 0 aliphatic heterocycles. The molecule has 0 fully saturated rings. The number of H-pyrrole nitrogens is 1. The van der Waals surface area contributed by atoms with Crippen molar-refractivity contribution < 1.29 is 9.90 Å². The number of amides is 1. The van der Waals surface area contributed by atoms with Gasteiger partial charge in [0.05, 0.1) is 6.10 Å². The van der Waals surface area contributed by atoms with Crippen molar-refractivity contribution in [2.75, 3.05) is 6.54 Å². The molecule has 0 aromatic carbocycles. The molecule has 1 amide bonds. The first kappa shape index (κ1) is 14.3. The van der Waals surface area contributed by atoms with Gasteiger partial charge in [-0.15, -0.1) is 0 Å². The third-order valence-electron chi connectivity index (χ3n) is 3.16. The fourth-order valence-electron chi connectivity index (χ4n) is 2.01. The Morgan fingerprint density at radius 3 is 3.00 bits per heavy atom. The summed E-state index contributed by atoms with van der Waals surface area (Å²) in [6.45, 7) is 2.22. The van der Waals surface area contributed by atoms with Gasteiger partial charge in [-0.1, -0.05) is 23.8 Å². The van der Waals surface area contributed by atoms with Crippen LogP contribution in [0.5, 0.6) is 0 Å². The van der Waals surface area contributed by atoms with Crippen LogP contribution in [-0.4, -0.2) is 28.6 Å². The van der Waals surface area contributed by atoms with Crippen LogP contribution >= 0.6 is 0 Å². The van der Waals surface area contributed by atoms with Gasteiger partial charge in [-0.3, -0.25) is 9.59 Å². The van der Waals surface area contributed by atoms with Crippen LogP contribution in [0, 0.1) is 6.92 Å². The fourth-order valence-corrected chi connectivity index (χ4v) is 2.01. The highest BCUT2D eigenvalue weighted by molar-refractivity contribution is 5.93. The van der Waals surface area contributed by atoms with Gasteiger partial charge in [-0.25, -0.2) is 0 Å². The summed E-state index contributed by atoms with van der Waals surface area (Å²) in [5.41, 5.74) is 1.65. The van der Waals surface area contributed by atoms with E-state index in [4.69, 9.17) is 0 Å². The molecule has 0 saturated heterocycles. The largest absolute Gasteiger partial charge is 0.389 e. The van der Waals surface area contributed by atoms with Gasteiger partial charge in [0.2, 0.25) is 0 Å². The van der Waals surface area contributed by atoms with Crippen LogP contribution in [0.1, 0.15) is 28.9 Å². The van der Waals surface area contributed by atoms with Gasteiger partial charge in [0.15, 0.2) is 5.43 Å². The molecule has 1 aliphatic carbocycles. The molecule has 5 nitrogen and oxygen atoms in total. The second-order valence-electron chi connectivity index (χ2n) is 4.84. The molecule has 3 N–H and O–H groups in total. The second kappa shape index (κ2) is 6.34. The Morgan fingerprint density at radius 2 is 2.35 bits per heavy atom. The van der Waals surface area contributed by atoms with E-state index in [0.717, 1.165) is 11.3 Å². The number of aromatic nitrogens is 1. The highest BCUT2D eigenvalue weighted by Gasteiger charge is 2.10. The first-order chi connectivity index (χ1) is 9.56. The first-order valence-electron chi connectivity index (χ1n) is 6.59. The Balaban J connectivity index is 1.87. The zero-order valence-corrected chi connectivity index (χ0v) is 11.3. The van der Waals surface area contributed by atoms with E-state index in [1.54, 1.807) is 13.0 Å². The van der Waals surface area contributed by atoms with Crippen LogP contribution in [0.25, 0.3) is 0 Å². The van der Waals surface area contributed by atoms with E-state index < -0.39 is 6.10 Å². The summed E-state index contributed by atoms with van der Waals surface area (Å²) >= 11 is 0. The summed E-state index contributed by atoms with van der Waals surface area (Å²) in [7, 11) is 0. The number of pyridine rings is 1. The minimum atomic E-state index is -0.403. The van der Waals surface area contributed by atoms with E-state index in [1.807, 2.05) is 12.2 Å². The molecule has 0 spiro atoms. The van der Waals surface area contributed by atoms with Crippen LogP contribution < -0.4 is 10.7 Å². The number of rotatable bonds is 4. The number of aliphatic hydroxyl groups is 1. The zero-order valence-electron chi connectivity index (χ0n) is 11.3. The number of hydrogen-bond acceptors (Lipinski definition) is 3. The average molecular weight is 274 g/mol. The van der Waals surface area contributed by atoms with E-state index in [9.17, 15) is 14.7 Å². The number of aromatic amines is 1. The predicted molar refractivity (Wildman–Crippen MR) is 76.6 cm³/mol. The molecule has 0 radical (unpaired) electrons. The summed E-state index contributed by atoms with van der Waals surface area (Å²) in [5.74, 6) is -0.369. The van der Waals surface area contributed by atoms with E-state index in [2.05, 4.69) is 10.3 Å². The summed E-state index contributed by atoms with van der Waals surface area (Å²) < 4.78 is 0. The summed E-state index contributed by atoms with van der Waals surface area (Å²) in [4.78, 5) is 26.4. The molecule has 1 aromatic rings. The van der Waals surface area contributed by atoms with Gasteiger partial charge in [0, 0.05) is 24.5 Å². The lowest BCUT2D eigenvalue weighted by Gasteiger charge is -2.11. The number of carbonyl (C=O) groups is 1.